The Labute approximate surface area is 167 Å². The van der Waals surface area contributed by atoms with Crippen LogP contribution in [-0.2, 0) is 0 Å². The van der Waals surface area contributed by atoms with Crippen molar-refractivity contribution >= 4 is 34.1 Å². The van der Waals surface area contributed by atoms with Crippen LogP contribution in [0.25, 0.3) is 10.9 Å². The molecule has 0 saturated carbocycles. The maximum atomic E-state index is 13.4. The van der Waals surface area contributed by atoms with Gasteiger partial charge in [-0.25, -0.2) is 18.6 Å². The van der Waals surface area contributed by atoms with E-state index in [4.69, 9.17) is 0 Å². The molecule has 0 radical (unpaired) electrons. The standard InChI is InChI=1S/C21H23F2N5O/c1-13-3-4-17-16(9-13)18(12-24-17)27-20(29)26-15-10-14(2)19(25-11-15)28-7-5-21(22,23)6-8-28/h3-4,9-12,24H,5-8H2,1-2H3,(H2,26,27,29). The normalized spacial score (nSPS) is 16.1. The number of benzene rings is 1. The first-order chi connectivity index (χ1) is 13.8. The maximum absolute atomic E-state index is 13.4. The summed E-state index contributed by atoms with van der Waals surface area (Å²) >= 11 is 0. The van der Waals surface area contributed by atoms with Gasteiger partial charge < -0.3 is 20.5 Å². The van der Waals surface area contributed by atoms with E-state index in [1.807, 2.05) is 36.9 Å². The van der Waals surface area contributed by atoms with Crippen LogP contribution in [0, 0.1) is 13.8 Å². The zero-order valence-electron chi connectivity index (χ0n) is 16.4. The number of aromatic amines is 1. The number of pyridine rings is 1. The zero-order chi connectivity index (χ0) is 20.6. The monoisotopic (exact) mass is 399 g/mol. The lowest BCUT2D eigenvalue weighted by atomic mass is 10.1. The van der Waals surface area contributed by atoms with Crippen molar-refractivity contribution in [2.45, 2.75) is 32.6 Å². The molecule has 1 aliphatic heterocycles. The summed E-state index contributed by atoms with van der Waals surface area (Å²) < 4.78 is 26.7. The summed E-state index contributed by atoms with van der Waals surface area (Å²) in [6.07, 6.45) is 2.97. The molecule has 3 heterocycles. The Balaban J connectivity index is 1.43. The van der Waals surface area contributed by atoms with E-state index < -0.39 is 5.92 Å². The first kappa shape index (κ1) is 19.2. The van der Waals surface area contributed by atoms with Gasteiger partial charge >= 0.3 is 6.03 Å². The number of urea groups is 1. The van der Waals surface area contributed by atoms with Gasteiger partial charge in [0.2, 0.25) is 0 Å². The van der Waals surface area contributed by atoms with Crippen LogP contribution >= 0.6 is 0 Å². The van der Waals surface area contributed by atoms with Crippen molar-refractivity contribution in [3.63, 3.8) is 0 Å². The van der Waals surface area contributed by atoms with Crippen LogP contribution in [-0.4, -0.2) is 35.0 Å². The SMILES string of the molecule is Cc1ccc2[nH]cc(NC(=O)Nc3cnc(N4CCC(F)(F)CC4)c(C)c3)c2c1. The molecular formula is C21H23F2N5O. The van der Waals surface area contributed by atoms with Gasteiger partial charge in [0, 0.05) is 43.0 Å². The van der Waals surface area contributed by atoms with E-state index in [0.29, 0.717) is 17.2 Å². The fraction of sp³-hybridized carbons (Fsp3) is 0.333. The number of halogens is 2. The van der Waals surface area contributed by atoms with E-state index in [0.717, 1.165) is 22.0 Å². The minimum absolute atomic E-state index is 0.166. The third kappa shape index (κ3) is 4.16. The molecule has 2 amide bonds. The average Bonchev–Trinajstić information content (AvgIpc) is 3.04. The molecule has 29 heavy (non-hydrogen) atoms. The summed E-state index contributed by atoms with van der Waals surface area (Å²) in [5, 5.41) is 6.56. The Morgan fingerprint density at radius 2 is 1.93 bits per heavy atom. The Bertz CT molecular complexity index is 1050. The second kappa shape index (κ2) is 7.35. The first-order valence-corrected chi connectivity index (χ1v) is 9.56. The van der Waals surface area contributed by atoms with E-state index >= 15 is 0 Å². The minimum Gasteiger partial charge on any atom is -0.359 e. The van der Waals surface area contributed by atoms with E-state index in [2.05, 4.69) is 20.6 Å². The van der Waals surface area contributed by atoms with Crippen molar-refractivity contribution in [1.82, 2.24) is 9.97 Å². The summed E-state index contributed by atoms with van der Waals surface area (Å²) in [4.78, 5) is 21.8. The number of fused-ring (bicyclic) bond motifs is 1. The molecule has 0 bridgehead atoms. The molecule has 3 N–H and O–H groups in total. The molecular weight excluding hydrogens is 376 g/mol. The van der Waals surface area contributed by atoms with Gasteiger partial charge in [0.15, 0.2) is 0 Å². The molecule has 0 unspecified atom stereocenters. The molecule has 1 aromatic carbocycles. The van der Waals surface area contributed by atoms with Gasteiger partial charge in [-0.05, 0) is 37.6 Å². The molecule has 1 aliphatic rings. The third-order valence-electron chi connectivity index (χ3n) is 5.19. The number of alkyl halides is 2. The van der Waals surface area contributed by atoms with Crippen LogP contribution in [0.3, 0.4) is 0 Å². The Morgan fingerprint density at radius 1 is 1.17 bits per heavy atom. The van der Waals surface area contributed by atoms with Crippen molar-refractivity contribution in [2.24, 2.45) is 0 Å². The number of anilines is 3. The number of hydrogen-bond donors (Lipinski definition) is 3. The highest BCUT2D eigenvalue weighted by molar-refractivity contribution is 6.06. The van der Waals surface area contributed by atoms with Gasteiger partial charge in [-0.15, -0.1) is 0 Å². The highest BCUT2D eigenvalue weighted by Gasteiger charge is 2.34. The van der Waals surface area contributed by atoms with Crippen LogP contribution in [0.2, 0.25) is 0 Å². The third-order valence-corrected chi connectivity index (χ3v) is 5.19. The number of amides is 2. The Morgan fingerprint density at radius 3 is 2.66 bits per heavy atom. The molecule has 6 nitrogen and oxygen atoms in total. The summed E-state index contributed by atoms with van der Waals surface area (Å²) in [6.45, 7) is 4.40. The average molecular weight is 399 g/mol. The van der Waals surface area contributed by atoms with E-state index in [1.54, 1.807) is 18.5 Å². The molecule has 0 spiro atoms. The second-order valence-electron chi connectivity index (χ2n) is 7.54. The Hall–Kier alpha value is -3.16. The number of aryl methyl sites for hydroxylation is 2. The lowest BCUT2D eigenvalue weighted by Gasteiger charge is -2.33. The fourth-order valence-corrected chi connectivity index (χ4v) is 3.64. The molecule has 152 valence electrons. The van der Waals surface area contributed by atoms with Crippen LogP contribution in [0.1, 0.15) is 24.0 Å². The molecule has 1 saturated heterocycles. The molecule has 0 aliphatic carbocycles. The zero-order valence-corrected chi connectivity index (χ0v) is 16.4. The predicted molar refractivity (Wildman–Crippen MR) is 111 cm³/mol. The number of piperidine rings is 1. The molecule has 3 aromatic rings. The van der Waals surface area contributed by atoms with Gasteiger partial charge in [-0.3, -0.25) is 0 Å². The number of nitrogens with zero attached hydrogens (tertiary/aromatic N) is 2. The Kier molecular flexibility index (Phi) is 4.86. The molecule has 0 atom stereocenters. The van der Waals surface area contributed by atoms with Crippen molar-refractivity contribution < 1.29 is 13.6 Å². The number of carbonyl (C=O) groups is 1. The van der Waals surface area contributed by atoms with Crippen LogP contribution in [0.5, 0.6) is 0 Å². The summed E-state index contributed by atoms with van der Waals surface area (Å²) in [5.74, 6) is -1.91. The van der Waals surface area contributed by atoms with Gasteiger partial charge in [0.25, 0.3) is 5.92 Å². The van der Waals surface area contributed by atoms with Crippen molar-refractivity contribution in [1.29, 1.82) is 0 Å². The minimum atomic E-state index is -2.59. The highest BCUT2D eigenvalue weighted by atomic mass is 19.3. The van der Waals surface area contributed by atoms with Crippen molar-refractivity contribution in [3.05, 3.63) is 47.8 Å². The van der Waals surface area contributed by atoms with Gasteiger partial charge in [0.05, 0.1) is 17.6 Å². The molecule has 2 aromatic heterocycles. The largest absolute Gasteiger partial charge is 0.359 e. The highest BCUT2D eigenvalue weighted by Crippen LogP contribution is 2.31. The number of rotatable bonds is 3. The first-order valence-electron chi connectivity index (χ1n) is 9.56. The summed E-state index contributed by atoms with van der Waals surface area (Å²) in [5.41, 5.74) is 4.11. The van der Waals surface area contributed by atoms with Crippen LogP contribution in [0.4, 0.5) is 30.8 Å². The lowest BCUT2D eigenvalue weighted by molar-refractivity contribution is -0.0221. The van der Waals surface area contributed by atoms with E-state index in [-0.39, 0.29) is 32.0 Å². The number of aromatic nitrogens is 2. The molecule has 8 heteroatoms. The smallest absolute Gasteiger partial charge is 0.323 e. The van der Waals surface area contributed by atoms with Crippen LogP contribution in [0.15, 0.2) is 36.7 Å². The van der Waals surface area contributed by atoms with Gasteiger partial charge in [-0.2, -0.15) is 0 Å². The molecule has 1 fully saturated rings. The number of H-pyrrole nitrogens is 1. The molecule has 4 rings (SSSR count). The van der Waals surface area contributed by atoms with E-state index in [1.165, 1.54) is 0 Å². The second-order valence-corrected chi connectivity index (χ2v) is 7.54. The van der Waals surface area contributed by atoms with Crippen molar-refractivity contribution in [2.75, 3.05) is 28.6 Å². The van der Waals surface area contributed by atoms with Crippen molar-refractivity contribution in [3.8, 4) is 0 Å². The van der Waals surface area contributed by atoms with Gasteiger partial charge in [-0.1, -0.05) is 11.6 Å². The maximum Gasteiger partial charge on any atom is 0.323 e. The quantitative estimate of drug-likeness (QED) is 0.576. The summed E-state index contributed by atoms with van der Waals surface area (Å²) in [6, 6.07) is 7.40. The summed E-state index contributed by atoms with van der Waals surface area (Å²) in [7, 11) is 0. The van der Waals surface area contributed by atoms with Gasteiger partial charge in [0.1, 0.15) is 5.82 Å². The number of hydrogen-bond acceptors (Lipinski definition) is 3. The van der Waals surface area contributed by atoms with E-state index in [9.17, 15) is 13.6 Å². The fourth-order valence-electron chi connectivity index (χ4n) is 3.64. The topological polar surface area (TPSA) is 73.0 Å². The predicted octanol–water partition coefficient (Wildman–Crippen LogP) is 5.06. The lowest BCUT2D eigenvalue weighted by Crippen LogP contribution is -2.40. The van der Waals surface area contributed by atoms with Crippen LogP contribution < -0.4 is 15.5 Å². The number of carbonyl (C=O) groups excluding carboxylic acids is 1. The number of nitrogens with one attached hydrogen (secondary N) is 3.